The molecule has 4 rings (SSSR count). The van der Waals surface area contributed by atoms with Gasteiger partial charge in [-0.2, -0.15) is 5.26 Å². The van der Waals surface area contributed by atoms with Crippen LogP contribution in [0.3, 0.4) is 0 Å². The predicted molar refractivity (Wildman–Crippen MR) is 121 cm³/mol. The van der Waals surface area contributed by atoms with Crippen LogP contribution in [0.5, 0.6) is 5.75 Å². The van der Waals surface area contributed by atoms with Gasteiger partial charge >= 0.3 is 0 Å². The number of nitriles is 1. The second kappa shape index (κ2) is 8.10. The van der Waals surface area contributed by atoms with E-state index in [4.69, 9.17) is 4.74 Å². The molecule has 146 valence electrons. The van der Waals surface area contributed by atoms with Crippen molar-refractivity contribution in [3.63, 3.8) is 0 Å². The summed E-state index contributed by atoms with van der Waals surface area (Å²) in [7, 11) is 1.55. The van der Waals surface area contributed by atoms with Crippen molar-refractivity contribution in [2.45, 2.75) is 6.92 Å². The Bertz CT molecular complexity index is 1290. The number of amides is 1. The summed E-state index contributed by atoms with van der Waals surface area (Å²) in [5, 5.41) is 16.7. The number of anilines is 1. The molecular formula is C26H20N2O2. The molecule has 4 aromatic carbocycles. The lowest BCUT2D eigenvalue weighted by Gasteiger charge is -2.12. The molecule has 1 amide bonds. The monoisotopic (exact) mass is 392 g/mol. The van der Waals surface area contributed by atoms with Gasteiger partial charge in [-0.15, -0.1) is 0 Å². The molecule has 30 heavy (non-hydrogen) atoms. The topological polar surface area (TPSA) is 62.1 Å². The number of carbonyl (C=O) groups excluding carboxylic acids is 1. The standard InChI is InChI=1S/C26H20N2O2/c1-17-11-12-25(30-2)24(13-17)28-26(29)20(16-27)15-23-21-9-5-3-7-18(21)14-19-8-4-6-10-22(19)23/h3-15H,1-2H3,(H,28,29)/b20-15+. The Morgan fingerprint density at radius 2 is 1.60 bits per heavy atom. The molecule has 0 unspecified atom stereocenters. The van der Waals surface area contributed by atoms with Crippen molar-refractivity contribution in [3.05, 3.63) is 89.5 Å². The first kappa shape index (κ1) is 19.2. The maximum atomic E-state index is 12.9. The summed E-state index contributed by atoms with van der Waals surface area (Å²) < 4.78 is 5.33. The molecule has 1 N–H and O–H groups in total. The van der Waals surface area contributed by atoms with Crippen LogP contribution in [0, 0.1) is 18.3 Å². The number of rotatable bonds is 4. The number of hydrogen-bond donors (Lipinski definition) is 1. The van der Waals surface area contributed by atoms with Crippen molar-refractivity contribution >= 4 is 39.2 Å². The number of methoxy groups -OCH3 is 1. The van der Waals surface area contributed by atoms with E-state index in [-0.39, 0.29) is 5.57 Å². The van der Waals surface area contributed by atoms with E-state index in [0.717, 1.165) is 32.7 Å². The average Bonchev–Trinajstić information content (AvgIpc) is 2.76. The molecule has 0 radical (unpaired) electrons. The molecule has 0 fully saturated rings. The predicted octanol–water partition coefficient (Wildman–Crippen LogP) is 5.86. The fourth-order valence-electron chi connectivity index (χ4n) is 3.61. The Hall–Kier alpha value is -4.10. The Kier molecular flexibility index (Phi) is 5.19. The highest BCUT2D eigenvalue weighted by Crippen LogP contribution is 2.31. The highest BCUT2D eigenvalue weighted by molar-refractivity contribution is 6.14. The normalized spacial score (nSPS) is 11.3. The molecule has 4 nitrogen and oxygen atoms in total. The zero-order valence-electron chi connectivity index (χ0n) is 16.8. The smallest absolute Gasteiger partial charge is 0.266 e. The van der Waals surface area contributed by atoms with Crippen molar-refractivity contribution < 1.29 is 9.53 Å². The Morgan fingerprint density at radius 1 is 0.967 bits per heavy atom. The van der Waals surface area contributed by atoms with Gasteiger partial charge in [0.1, 0.15) is 17.4 Å². The third-order valence-corrected chi connectivity index (χ3v) is 5.07. The van der Waals surface area contributed by atoms with Gasteiger partial charge in [0.2, 0.25) is 0 Å². The van der Waals surface area contributed by atoms with Crippen LogP contribution in [0.1, 0.15) is 11.1 Å². The van der Waals surface area contributed by atoms with E-state index in [1.165, 1.54) is 0 Å². The summed E-state index contributed by atoms with van der Waals surface area (Å²) in [5.41, 5.74) is 2.40. The first-order valence-corrected chi connectivity index (χ1v) is 9.59. The van der Waals surface area contributed by atoms with E-state index >= 15 is 0 Å². The van der Waals surface area contributed by atoms with Crippen LogP contribution in [0.2, 0.25) is 0 Å². The minimum absolute atomic E-state index is 0.0278. The second-order valence-electron chi connectivity index (χ2n) is 7.06. The van der Waals surface area contributed by atoms with Crippen LogP contribution >= 0.6 is 0 Å². The van der Waals surface area contributed by atoms with Gasteiger partial charge in [0.15, 0.2) is 0 Å². The average molecular weight is 392 g/mol. The van der Waals surface area contributed by atoms with Gasteiger partial charge in [-0.1, -0.05) is 54.6 Å². The van der Waals surface area contributed by atoms with Crippen molar-refractivity contribution in [2.24, 2.45) is 0 Å². The lowest BCUT2D eigenvalue weighted by atomic mass is 9.95. The molecule has 0 aliphatic heterocycles. The Balaban J connectivity index is 1.83. The highest BCUT2D eigenvalue weighted by Gasteiger charge is 2.14. The van der Waals surface area contributed by atoms with Gasteiger partial charge in [-0.3, -0.25) is 4.79 Å². The molecule has 0 spiro atoms. The number of nitrogens with one attached hydrogen (secondary N) is 1. The number of hydrogen-bond acceptors (Lipinski definition) is 3. The quantitative estimate of drug-likeness (QED) is 0.269. The van der Waals surface area contributed by atoms with Gasteiger partial charge in [0.05, 0.1) is 12.8 Å². The van der Waals surface area contributed by atoms with Crippen molar-refractivity contribution in [1.82, 2.24) is 0 Å². The summed E-state index contributed by atoms with van der Waals surface area (Å²) in [6.07, 6.45) is 1.67. The third kappa shape index (κ3) is 3.61. The molecule has 0 aromatic heterocycles. The van der Waals surface area contributed by atoms with Gasteiger partial charge in [0, 0.05) is 0 Å². The molecule has 0 saturated heterocycles. The minimum atomic E-state index is -0.474. The number of benzene rings is 4. The summed E-state index contributed by atoms with van der Waals surface area (Å²) >= 11 is 0. The number of carbonyl (C=O) groups is 1. The van der Waals surface area contributed by atoms with E-state index in [0.29, 0.717) is 11.4 Å². The molecular weight excluding hydrogens is 372 g/mol. The first-order chi connectivity index (χ1) is 14.6. The molecule has 0 saturated carbocycles. The van der Waals surface area contributed by atoms with Crippen LogP contribution in [0.25, 0.3) is 27.6 Å². The van der Waals surface area contributed by atoms with Crippen LogP contribution in [0.15, 0.2) is 78.4 Å². The molecule has 0 aliphatic carbocycles. The van der Waals surface area contributed by atoms with Crippen LogP contribution in [0.4, 0.5) is 5.69 Å². The van der Waals surface area contributed by atoms with Gasteiger partial charge in [-0.25, -0.2) is 0 Å². The minimum Gasteiger partial charge on any atom is -0.495 e. The number of aryl methyl sites for hydroxylation is 1. The molecule has 0 aliphatic rings. The van der Waals surface area contributed by atoms with Gasteiger partial charge in [-0.05, 0) is 63.9 Å². The summed E-state index contributed by atoms with van der Waals surface area (Å²) in [6.45, 7) is 1.93. The SMILES string of the molecule is COc1ccc(C)cc1NC(=O)/C(C#N)=C/c1c2ccccc2cc2ccccc12. The van der Waals surface area contributed by atoms with Gasteiger partial charge in [0.25, 0.3) is 5.91 Å². The first-order valence-electron chi connectivity index (χ1n) is 9.59. The zero-order valence-corrected chi connectivity index (χ0v) is 16.8. The molecule has 0 bridgehead atoms. The fraction of sp³-hybridized carbons (Fsp3) is 0.0769. The third-order valence-electron chi connectivity index (χ3n) is 5.07. The number of ether oxygens (including phenoxy) is 1. The summed E-state index contributed by atoms with van der Waals surface area (Å²) in [6, 6.07) is 25.6. The van der Waals surface area contributed by atoms with Crippen LogP contribution < -0.4 is 10.1 Å². The van der Waals surface area contributed by atoms with Crippen LogP contribution in [-0.4, -0.2) is 13.0 Å². The number of fused-ring (bicyclic) bond motifs is 2. The lowest BCUT2D eigenvalue weighted by molar-refractivity contribution is -0.112. The molecule has 0 heterocycles. The van der Waals surface area contributed by atoms with E-state index in [9.17, 15) is 10.1 Å². The molecule has 4 heteroatoms. The largest absolute Gasteiger partial charge is 0.495 e. The Morgan fingerprint density at radius 3 is 2.20 bits per heavy atom. The maximum Gasteiger partial charge on any atom is 0.266 e. The lowest BCUT2D eigenvalue weighted by Crippen LogP contribution is -2.14. The van der Waals surface area contributed by atoms with Gasteiger partial charge < -0.3 is 10.1 Å². The van der Waals surface area contributed by atoms with E-state index in [1.807, 2.05) is 67.6 Å². The van der Waals surface area contributed by atoms with Crippen molar-refractivity contribution in [1.29, 1.82) is 5.26 Å². The zero-order chi connectivity index (χ0) is 21.1. The molecule has 4 aromatic rings. The van der Waals surface area contributed by atoms with E-state index < -0.39 is 5.91 Å². The van der Waals surface area contributed by atoms with Crippen molar-refractivity contribution in [3.8, 4) is 11.8 Å². The second-order valence-corrected chi connectivity index (χ2v) is 7.06. The van der Waals surface area contributed by atoms with E-state index in [1.54, 1.807) is 19.3 Å². The summed E-state index contributed by atoms with van der Waals surface area (Å²) in [4.78, 5) is 12.9. The van der Waals surface area contributed by atoms with E-state index in [2.05, 4.69) is 17.5 Å². The summed E-state index contributed by atoms with van der Waals surface area (Å²) in [5.74, 6) is 0.0697. The highest BCUT2D eigenvalue weighted by atomic mass is 16.5. The fourth-order valence-corrected chi connectivity index (χ4v) is 3.61. The molecule has 0 atom stereocenters. The number of nitrogens with zero attached hydrogens (tertiary/aromatic N) is 1. The Labute approximate surface area is 175 Å². The van der Waals surface area contributed by atoms with Crippen LogP contribution in [-0.2, 0) is 4.79 Å². The van der Waals surface area contributed by atoms with Crippen molar-refractivity contribution in [2.75, 3.05) is 12.4 Å². The maximum absolute atomic E-state index is 12.9.